The fourth-order valence-corrected chi connectivity index (χ4v) is 1.82. The molecule has 3 aromatic rings. The number of benzene rings is 1. The SMILES string of the molecule is Cc1nc(-c2ccoc2)nc2ccc(N)cc12. The zero-order valence-corrected chi connectivity index (χ0v) is 9.34. The second-order valence-electron chi connectivity index (χ2n) is 3.92. The van der Waals surface area contributed by atoms with Gasteiger partial charge in [0, 0.05) is 16.8 Å². The number of rotatable bonds is 1. The Morgan fingerprint density at radius 1 is 1.18 bits per heavy atom. The van der Waals surface area contributed by atoms with Crippen LogP contribution in [0.1, 0.15) is 5.69 Å². The minimum absolute atomic E-state index is 0.675. The Morgan fingerprint density at radius 2 is 2.06 bits per heavy atom. The number of hydrogen-bond donors (Lipinski definition) is 1. The van der Waals surface area contributed by atoms with E-state index in [-0.39, 0.29) is 0 Å². The van der Waals surface area contributed by atoms with Crippen molar-refractivity contribution in [2.45, 2.75) is 6.92 Å². The predicted octanol–water partition coefficient (Wildman–Crippen LogP) is 2.78. The van der Waals surface area contributed by atoms with Gasteiger partial charge in [-0.2, -0.15) is 0 Å². The summed E-state index contributed by atoms with van der Waals surface area (Å²) in [5, 5.41) is 0.984. The Labute approximate surface area is 98.1 Å². The van der Waals surface area contributed by atoms with Gasteiger partial charge >= 0.3 is 0 Å². The lowest BCUT2D eigenvalue weighted by Crippen LogP contribution is -1.94. The lowest BCUT2D eigenvalue weighted by Gasteiger charge is -2.04. The molecule has 2 N–H and O–H groups in total. The molecule has 0 aliphatic carbocycles. The van der Waals surface area contributed by atoms with Gasteiger partial charge in [0.15, 0.2) is 5.82 Å². The predicted molar refractivity (Wildman–Crippen MR) is 66.4 cm³/mol. The number of anilines is 1. The van der Waals surface area contributed by atoms with Crippen molar-refractivity contribution >= 4 is 16.6 Å². The molecule has 2 heterocycles. The van der Waals surface area contributed by atoms with Crippen molar-refractivity contribution in [1.29, 1.82) is 0 Å². The molecule has 0 saturated carbocycles. The number of fused-ring (bicyclic) bond motifs is 1. The summed E-state index contributed by atoms with van der Waals surface area (Å²) in [6.07, 6.45) is 3.25. The minimum Gasteiger partial charge on any atom is -0.472 e. The Balaban J connectivity index is 2.28. The van der Waals surface area contributed by atoms with Crippen LogP contribution in [0.25, 0.3) is 22.3 Å². The van der Waals surface area contributed by atoms with E-state index in [0.29, 0.717) is 5.82 Å². The van der Waals surface area contributed by atoms with Crippen molar-refractivity contribution in [3.63, 3.8) is 0 Å². The number of nitrogen functional groups attached to an aromatic ring is 1. The van der Waals surface area contributed by atoms with Crippen LogP contribution in [-0.2, 0) is 0 Å². The molecule has 0 unspecified atom stereocenters. The van der Waals surface area contributed by atoms with Gasteiger partial charge in [-0.15, -0.1) is 0 Å². The van der Waals surface area contributed by atoms with Crippen LogP contribution >= 0.6 is 0 Å². The second-order valence-corrected chi connectivity index (χ2v) is 3.92. The summed E-state index contributed by atoms with van der Waals surface area (Å²) in [6, 6.07) is 7.48. The van der Waals surface area contributed by atoms with Crippen LogP contribution < -0.4 is 5.73 Å². The molecule has 1 aromatic carbocycles. The van der Waals surface area contributed by atoms with Crippen LogP contribution in [0.4, 0.5) is 5.69 Å². The van der Waals surface area contributed by atoms with Gasteiger partial charge in [0.05, 0.1) is 17.3 Å². The van der Waals surface area contributed by atoms with Crippen LogP contribution in [0, 0.1) is 6.92 Å². The summed E-state index contributed by atoms with van der Waals surface area (Å²) in [4.78, 5) is 8.95. The van der Waals surface area contributed by atoms with Crippen molar-refractivity contribution in [2.75, 3.05) is 5.73 Å². The normalized spacial score (nSPS) is 10.9. The number of nitrogens with zero attached hydrogens (tertiary/aromatic N) is 2. The smallest absolute Gasteiger partial charge is 0.163 e. The molecule has 0 radical (unpaired) electrons. The Morgan fingerprint density at radius 3 is 2.82 bits per heavy atom. The van der Waals surface area contributed by atoms with Crippen LogP contribution in [0.5, 0.6) is 0 Å². The highest BCUT2D eigenvalue weighted by Crippen LogP contribution is 2.23. The quantitative estimate of drug-likeness (QED) is 0.647. The molecular weight excluding hydrogens is 214 g/mol. The molecule has 0 aliphatic rings. The number of aryl methyl sites for hydroxylation is 1. The largest absolute Gasteiger partial charge is 0.472 e. The highest BCUT2D eigenvalue weighted by atomic mass is 16.3. The highest BCUT2D eigenvalue weighted by molar-refractivity contribution is 5.85. The molecule has 2 aromatic heterocycles. The summed E-state index contributed by atoms with van der Waals surface area (Å²) < 4.78 is 5.04. The minimum atomic E-state index is 0.675. The van der Waals surface area contributed by atoms with E-state index in [0.717, 1.165) is 27.8 Å². The lowest BCUT2D eigenvalue weighted by atomic mass is 10.1. The van der Waals surface area contributed by atoms with Crippen LogP contribution in [0.3, 0.4) is 0 Å². The van der Waals surface area contributed by atoms with Gasteiger partial charge in [-0.3, -0.25) is 0 Å². The summed E-state index contributed by atoms with van der Waals surface area (Å²) in [5.41, 5.74) is 9.17. The van der Waals surface area contributed by atoms with Gasteiger partial charge in [-0.25, -0.2) is 9.97 Å². The number of aromatic nitrogens is 2. The average molecular weight is 225 g/mol. The Hall–Kier alpha value is -2.36. The van der Waals surface area contributed by atoms with Crippen molar-refractivity contribution < 1.29 is 4.42 Å². The van der Waals surface area contributed by atoms with Gasteiger partial charge in [-0.1, -0.05) is 0 Å². The van der Waals surface area contributed by atoms with Crippen molar-refractivity contribution in [3.05, 3.63) is 42.5 Å². The third-order valence-corrected chi connectivity index (χ3v) is 2.69. The third kappa shape index (κ3) is 1.63. The summed E-state index contributed by atoms with van der Waals surface area (Å²) in [5.74, 6) is 0.675. The standard InChI is InChI=1S/C13H11N3O/c1-8-11-6-10(14)2-3-12(11)16-13(15-8)9-4-5-17-7-9/h2-7H,14H2,1H3. The maximum absolute atomic E-state index is 5.75. The van der Waals surface area contributed by atoms with Gasteiger partial charge in [-0.05, 0) is 31.2 Å². The zero-order chi connectivity index (χ0) is 11.8. The fraction of sp³-hybridized carbons (Fsp3) is 0.0769. The molecule has 84 valence electrons. The first-order valence-electron chi connectivity index (χ1n) is 5.30. The molecule has 3 rings (SSSR count). The second kappa shape index (κ2) is 3.59. The van der Waals surface area contributed by atoms with Crippen LogP contribution in [0.15, 0.2) is 41.2 Å². The molecular formula is C13H11N3O. The maximum Gasteiger partial charge on any atom is 0.163 e. The molecule has 0 fully saturated rings. The topological polar surface area (TPSA) is 64.9 Å². The number of hydrogen-bond acceptors (Lipinski definition) is 4. The first-order valence-corrected chi connectivity index (χ1v) is 5.30. The molecule has 17 heavy (non-hydrogen) atoms. The van der Waals surface area contributed by atoms with Gasteiger partial charge < -0.3 is 10.2 Å². The molecule has 0 spiro atoms. The third-order valence-electron chi connectivity index (χ3n) is 2.69. The number of furan rings is 1. The van der Waals surface area contributed by atoms with E-state index in [1.54, 1.807) is 12.5 Å². The molecule has 0 bridgehead atoms. The molecule has 0 amide bonds. The maximum atomic E-state index is 5.75. The van der Waals surface area contributed by atoms with Crippen molar-refractivity contribution in [3.8, 4) is 11.4 Å². The summed E-state index contributed by atoms with van der Waals surface area (Å²) >= 11 is 0. The Kier molecular flexibility index (Phi) is 2.08. The van der Waals surface area contributed by atoms with E-state index in [1.807, 2.05) is 31.2 Å². The first kappa shape index (κ1) is 9.84. The van der Waals surface area contributed by atoms with E-state index in [4.69, 9.17) is 10.2 Å². The molecule has 4 nitrogen and oxygen atoms in total. The zero-order valence-electron chi connectivity index (χ0n) is 9.34. The highest BCUT2D eigenvalue weighted by Gasteiger charge is 2.07. The molecule has 0 atom stereocenters. The van der Waals surface area contributed by atoms with Gasteiger partial charge in [0.25, 0.3) is 0 Å². The van der Waals surface area contributed by atoms with E-state index in [2.05, 4.69) is 9.97 Å². The van der Waals surface area contributed by atoms with Crippen molar-refractivity contribution in [1.82, 2.24) is 9.97 Å². The van der Waals surface area contributed by atoms with E-state index >= 15 is 0 Å². The van der Waals surface area contributed by atoms with E-state index < -0.39 is 0 Å². The first-order chi connectivity index (χ1) is 8.24. The summed E-state index contributed by atoms with van der Waals surface area (Å²) in [6.45, 7) is 1.95. The lowest BCUT2D eigenvalue weighted by molar-refractivity contribution is 0.568. The van der Waals surface area contributed by atoms with Gasteiger partial charge in [0.1, 0.15) is 6.26 Å². The van der Waals surface area contributed by atoms with Crippen LogP contribution in [-0.4, -0.2) is 9.97 Å². The molecule has 0 aliphatic heterocycles. The number of nitrogens with two attached hydrogens (primary N) is 1. The average Bonchev–Trinajstić information content (AvgIpc) is 2.83. The van der Waals surface area contributed by atoms with E-state index in [1.165, 1.54) is 0 Å². The Bertz CT molecular complexity index is 674. The van der Waals surface area contributed by atoms with Gasteiger partial charge in [0.2, 0.25) is 0 Å². The molecule has 0 saturated heterocycles. The van der Waals surface area contributed by atoms with Crippen LogP contribution in [0.2, 0.25) is 0 Å². The van der Waals surface area contributed by atoms with Crippen molar-refractivity contribution in [2.24, 2.45) is 0 Å². The van der Waals surface area contributed by atoms with E-state index in [9.17, 15) is 0 Å². The monoisotopic (exact) mass is 225 g/mol. The fourth-order valence-electron chi connectivity index (χ4n) is 1.82. The molecule has 4 heteroatoms. The summed E-state index contributed by atoms with van der Waals surface area (Å²) in [7, 11) is 0.